The van der Waals surface area contributed by atoms with Crippen LogP contribution in [0.4, 0.5) is 0 Å². The van der Waals surface area contributed by atoms with Gasteiger partial charge in [-0.15, -0.1) is 0 Å². The van der Waals surface area contributed by atoms with Gasteiger partial charge in [-0.3, -0.25) is 9.89 Å². The SMILES string of the molecule is COCCOc1ccc(CNC(=O)c2n[nH]c3c2CNCC3)cc1. The van der Waals surface area contributed by atoms with Crippen molar-refractivity contribution >= 4 is 5.91 Å². The highest BCUT2D eigenvalue weighted by Crippen LogP contribution is 2.16. The fourth-order valence-electron chi connectivity index (χ4n) is 2.63. The molecule has 3 N–H and O–H groups in total. The van der Waals surface area contributed by atoms with Crippen molar-refractivity contribution in [3.8, 4) is 5.75 Å². The van der Waals surface area contributed by atoms with E-state index < -0.39 is 0 Å². The number of benzene rings is 1. The normalized spacial score (nSPS) is 13.4. The fraction of sp³-hybridized carbons (Fsp3) is 0.412. The number of methoxy groups -OCH3 is 1. The van der Waals surface area contributed by atoms with Crippen LogP contribution < -0.4 is 15.4 Å². The van der Waals surface area contributed by atoms with E-state index in [1.807, 2.05) is 24.3 Å². The Hall–Kier alpha value is -2.38. The van der Waals surface area contributed by atoms with E-state index in [4.69, 9.17) is 9.47 Å². The van der Waals surface area contributed by atoms with Crippen molar-refractivity contribution in [3.05, 3.63) is 46.8 Å². The van der Waals surface area contributed by atoms with Crippen molar-refractivity contribution in [3.63, 3.8) is 0 Å². The summed E-state index contributed by atoms with van der Waals surface area (Å²) in [5.74, 6) is 0.631. The van der Waals surface area contributed by atoms with E-state index in [9.17, 15) is 4.79 Å². The van der Waals surface area contributed by atoms with Crippen LogP contribution in [0.5, 0.6) is 5.75 Å². The van der Waals surface area contributed by atoms with E-state index >= 15 is 0 Å². The van der Waals surface area contributed by atoms with Crippen LogP contribution in [0.25, 0.3) is 0 Å². The van der Waals surface area contributed by atoms with E-state index in [-0.39, 0.29) is 5.91 Å². The number of rotatable bonds is 7. The lowest BCUT2D eigenvalue weighted by atomic mass is 10.1. The van der Waals surface area contributed by atoms with E-state index in [2.05, 4.69) is 20.8 Å². The number of aromatic amines is 1. The first-order chi connectivity index (χ1) is 11.8. The second-order valence-electron chi connectivity index (χ2n) is 5.62. The van der Waals surface area contributed by atoms with E-state index in [0.717, 1.165) is 35.5 Å². The molecule has 2 aromatic rings. The molecular weight excluding hydrogens is 308 g/mol. The standard InChI is InChI=1S/C17H22N4O3/c1-23-8-9-24-13-4-2-12(3-5-13)10-19-17(22)16-14-11-18-7-6-15(14)20-21-16/h2-5,18H,6-11H2,1H3,(H,19,22)(H,20,21). The third-order valence-electron chi connectivity index (χ3n) is 3.95. The monoisotopic (exact) mass is 330 g/mol. The number of fused-ring (bicyclic) bond motifs is 1. The van der Waals surface area contributed by atoms with E-state index in [1.54, 1.807) is 7.11 Å². The maximum absolute atomic E-state index is 12.3. The minimum absolute atomic E-state index is 0.156. The fourth-order valence-corrected chi connectivity index (χ4v) is 2.63. The number of carbonyl (C=O) groups is 1. The van der Waals surface area contributed by atoms with Gasteiger partial charge in [0, 0.05) is 44.4 Å². The zero-order chi connectivity index (χ0) is 16.8. The van der Waals surface area contributed by atoms with Crippen molar-refractivity contribution < 1.29 is 14.3 Å². The third kappa shape index (κ3) is 3.93. The molecule has 1 aromatic heterocycles. The summed E-state index contributed by atoms with van der Waals surface area (Å²) in [5, 5.41) is 13.3. The molecule has 0 saturated heterocycles. The minimum atomic E-state index is -0.156. The Morgan fingerprint density at radius 3 is 2.92 bits per heavy atom. The molecule has 1 aliphatic rings. The maximum Gasteiger partial charge on any atom is 0.272 e. The highest BCUT2D eigenvalue weighted by Gasteiger charge is 2.21. The zero-order valence-corrected chi connectivity index (χ0v) is 13.7. The number of hydrogen-bond acceptors (Lipinski definition) is 5. The van der Waals surface area contributed by atoms with Crippen molar-refractivity contribution in [1.82, 2.24) is 20.8 Å². The Balaban J connectivity index is 1.53. The van der Waals surface area contributed by atoms with Crippen LogP contribution in [0, 0.1) is 0 Å². The number of aromatic nitrogens is 2. The molecule has 0 unspecified atom stereocenters. The third-order valence-corrected chi connectivity index (χ3v) is 3.95. The van der Waals surface area contributed by atoms with Crippen molar-refractivity contribution in [2.24, 2.45) is 0 Å². The molecule has 0 spiro atoms. The Bertz CT molecular complexity index is 682. The molecule has 1 amide bonds. The van der Waals surface area contributed by atoms with Crippen LogP contribution in [-0.4, -0.2) is 43.0 Å². The summed E-state index contributed by atoms with van der Waals surface area (Å²) >= 11 is 0. The number of amides is 1. The molecule has 1 aliphatic heterocycles. The van der Waals surface area contributed by atoms with Crippen LogP contribution in [0.2, 0.25) is 0 Å². The zero-order valence-electron chi connectivity index (χ0n) is 13.7. The quantitative estimate of drug-likeness (QED) is 0.660. The smallest absolute Gasteiger partial charge is 0.272 e. The Labute approximate surface area is 140 Å². The van der Waals surface area contributed by atoms with Crippen LogP contribution in [0.3, 0.4) is 0 Å². The molecule has 2 heterocycles. The average Bonchev–Trinajstić information content (AvgIpc) is 3.05. The summed E-state index contributed by atoms with van der Waals surface area (Å²) < 4.78 is 10.5. The first kappa shape index (κ1) is 16.5. The average molecular weight is 330 g/mol. The number of H-pyrrole nitrogens is 1. The molecule has 0 fully saturated rings. The highest BCUT2D eigenvalue weighted by molar-refractivity contribution is 5.94. The first-order valence-electron chi connectivity index (χ1n) is 8.03. The van der Waals surface area contributed by atoms with Crippen molar-refractivity contribution in [2.75, 3.05) is 26.9 Å². The lowest BCUT2D eigenvalue weighted by Gasteiger charge is -2.13. The molecule has 0 saturated carbocycles. The molecular formula is C17H22N4O3. The van der Waals surface area contributed by atoms with Crippen LogP contribution >= 0.6 is 0 Å². The number of ether oxygens (including phenoxy) is 2. The van der Waals surface area contributed by atoms with Gasteiger partial charge < -0.3 is 20.1 Å². The number of nitrogens with one attached hydrogen (secondary N) is 3. The summed E-state index contributed by atoms with van der Waals surface area (Å²) in [6.45, 7) is 3.12. The van der Waals surface area contributed by atoms with Gasteiger partial charge in [0.2, 0.25) is 0 Å². The number of hydrogen-bond donors (Lipinski definition) is 3. The molecule has 0 aliphatic carbocycles. The van der Waals surface area contributed by atoms with Crippen LogP contribution in [-0.2, 0) is 24.2 Å². The highest BCUT2D eigenvalue weighted by atomic mass is 16.5. The van der Waals surface area contributed by atoms with Crippen molar-refractivity contribution in [2.45, 2.75) is 19.5 Å². The summed E-state index contributed by atoms with van der Waals surface area (Å²) in [7, 11) is 1.64. The Morgan fingerprint density at radius 2 is 2.12 bits per heavy atom. The maximum atomic E-state index is 12.3. The van der Waals surface area contributed by atoms with Gasteiger partial charge in [-0.25, -0.2) is 0 Å². The lowest BCUT2D eigenvalue weighted by molar-refractivity contribution is 0.0944. The van der Waals surface area contributed by atoms with Gasteiger partial charge in [-0.05, 0) is 17.7 Å². The summed E-state index contributed by atoms with van der Waals surface area (Å²) in [6, 6.07) is 7.64. The predicted molar refractivity (Wildman–Crippen MR) is 89.0 cm³/mol. The van der Waals surface area contributed by atoms with Gasteiger partial charge in [-0.1, -0.05) is 12.1 Å². The molecule has 3 rings (SSSR count). The minimum Gasteiger partial charge on any atom is -0.491 e. The number of nitrogens with zero attached hydrogens (tertiary/aromatic N) is 1. The van der Waals surface area contributed by atoms with Gasteiger partial charge >= 0.3 is 0 Å². The Morgan fingerprint density at radius 1 is 1.29 bits per heavy atom. The van der Waals surface area contributed by atoms with Gasteiger partial charge in [-0.2, -0.15) is 5.10 Å². The van der Waals surface area contributed by atoms with Crippen molar-refractivity contribution in [1.29, 1.82) is 0 Å². The van der Waals surface area contributed by atoms with Gasteiger partial charge in [0.05, 0.1) is 6.61 Å². The first-order valence-corrected chi connectivity index (χ1v) is 8.03. The molecule has 0 radical (unpaired) electrons. The van der Waals surface area contributed by atoms with Gasteiger partial charge in [0.25, 0.3) is 5.91 Å². The lowest BCUT2D eigenvalue weighted by Crippen LogP contribution is -2.28. The molecule has 128 valence electrons. The molecule has 7 heteroatoms. The Kier molecular flexibility index (Phi) is 5.45. The van der Waals surface area contributed by atoms with E-state index in [1.165, 1.54) is 0 Å². The molecule has 0 atom stereocenters. The summed E-state index contributed by atoms with van der Waals surface area (Å²) in [5.41, 5.74) is 3.51. The predicted octanol–water partition coefficient (Wildman–Crippen LogP) is 1.01. The summed E-state index contributed by atoms with van der Waals surface area (Å²) in [6.07, 6.45) is 0.875. The molecule has 7 nitrogen and oxygen atoms in total. The second-order valence-corrected chi connectivity index (χ2v) is 5.62. The number of carbonyl (C=O) groups excluding carboxylic acids is 1. The topological polar surface area (TPSA) is 88.3 Å². The summed E-state index contributed by atoms with van der Waals surface area (Å²) in [4.78, 5) is 12.3. The molecule has 24 heavy (non-hydrogen) atoms. The largest absolute Gasteiger partial charge is 0.491 e. The van der Waals surface area contributed by atoms with E-state index in [0.29, 0.717) is 32.0 Å². The second kappa shape index (κ2) is 7.94. The van der Waals surface area contributed by atoms with Crippen LogP contribution in [0.15, 0.2) is 24.3 Å². The van der Waals surface area contributed by atoms with Gasteiger partial charge in [0.15, 0.2) is 5.69 Å². The van der Waals surface area contributed by atoms with Crippen LogP contribution in [0.1, 0.15) is 27.3 Å². The molecule has 1 aromatic carbocycles. The molecule has 0 bridgehead atoms. The van der Waals surface area contributed by atoms with Gasteiger partial charge in [0.1, 0.15) is 12.4 Å².